The standard InChI is InChI=1S/C18H24N2O3/c1-4-13(2)5-6-17-16(11-15(12-19-17)18(21)22)14(3)20-7-9-23-10-8-20/h6,11-12H,2,4-5,7-10H2,1,3H3,(H,21,22). The van der Waals surface area contributed by atoms with Crippen LogP contribution in [-0.2, 0) is 4.74 Å². The van der Waals surface area contributed by atoms with Crippen molar-refractivity contribution in [1.29, 1.82) is 0 Å². The van der Waals surface area contributed by atoms with Crippen LogP contribution in [0.4, 0.5) is 0 Å². The summed E-state index contributed by atoms with van der Waals surface area (Å²) in [5, 5.41) is 10.9. The molecule has 5 nitrogen and oxygen atoms in total. The summed E-state index contributed by atoms with van der Waals surface area (Å²) in [6, 6.07) is 1.71. The molecule has 0 unspecified atom stereocenters. The van der Waals surface area contributed by atoms with Crippen LogP contribution in [-0.4, -0.2) is 47.3 Å². The van der Waals surface area contributed by atoms with Gasteiger partial charge in [0.15, 0.2) is 0 Å². The number of morpholine rings is 1. The van der Waals surface area contributed by atoms with E-state index in [4.69, 9.17) is 4.74 Å². The van der Waals surface area contributed by atoms with E-state index in [0.717, 1.165) is 47.8 Å². The third-order valence-corrected chi connectivity index (χ3v) is 4.12. The van der Waals surface area contributed by atoms with Crippen molar-refractivity contribution in [1.82, 2.24) is 9.88 Å². The Hall–Kier alpha value is -2.14. The van der Waals surface area contributed by atoms with Crippen LogP contribution in [0.15, 0.2) is 24.4 Å². The Bertz CT molecular complexity index is 703. The van der Waals surface area contributed by atoms with Crippen molar-refractivity contribution in [3.8, 4) is 0 Å². The smallest absolute Gasteiger partial charge is 0.337 e. The molecule has 0 radical (unpaired) electrons. The lowest BCUT2D eigenvalue weighted by Crippen LogP contribution is -2.41. The number of allylic oxidation sites excluding steroid dienone is 1. The normalized spacial score (nSPS) is 17.1. The molecule has 23 heavy (non-hydrogen) atoms. The summed E-state index contributed by atoms with van der Waals surface area (Å²) in [5.41, 5.74) is 2.38. The van der Waals surface area contributed by atoms with Gasteiger partial charge in [0.25, 0.3) is 0 Å². The molecular weight excluding hydrogens is 292 g/mol. The molecule has 1 fully saturated rings. The van der Waals surface area contributed by atoms with Gasteiger partial charge in [-0.25, -0.2) is 4.79 Å². The Morgan fingerprint density at radius 3 is 2.78 bits per heavy atom. The van der Waals surface area contributed by atoms with Crippen molar-refractivity contribution in [2.45, 2.75) is 26.7 Å². The lowest BCUT2D eigenvalue weighted by molar-refractivity contribution is 0.0629. The van der Waals surface area contributed by atoms with Crippen LogP contribution in [0.3, 0.4) is 0 Å². The van der Waals surface area contributed by atoms with Crippen LogP contribution in [0.1, 0.15) is 37.0 Å². The van der Waals surface area contributed by atoms with Crippen LogP contribution in [0.5, 0.6) is 0 Å². The van der Waals surface area contributed by atoms with Crippen LogP contribution in [0, 0.1) is 0 Å². The van der Waals surface area contributed by atoms with Crippen molar-refractivity contribution < 1.29 is 14.6 Å². The molecule has 2 rings (SSSR count). The molecule has 0 bridgehead atoms. The molecular formula is C18H24N2O3. The van der Waals surface area contributed by atoms with E-state index in [1.807, 2.05) is 13.0 Å². The van der Waals surface area contributed by atoms with Crippen LogP contribution < -0.4 is 10.6 Å². The summed E-state index contributed by atoms with van der Waals surface area (Å²) in [4.78, 5) is 17.9. The van der Waals surface area contributed by atoms with Gasteiger partial charge in [0.05, 0.1) is 24.1 Å². The topological polar surface area (TPSA) is 62.7 Å². The number of aromatic carboxylic acids is 1. The Labute approximate surface area is 136 Å². The average molecular weight is 316 g/mol. The minimum atomic E-state index is -0.960. The Kier molecular flexibility index (Phi) is 5.93. The predicted molar refractivity (Wildman–Crippen MR) is 90.4 cm³/mol. The van der Waals surface area contributed by atoms with Gasteiger partial charge in [0.2, 0.25) is 0 Å². The monoisotopic (exact) mass is 316 g/mol. The number of aromatic nitrogens is 1. The maximum absolute atomic E-state index is 11.3. The first-order valence-electron chi connectivity index (χ1n) is 7.92. The molecule has 124 valence electrons. The van der Waals surface area contributed by atoms with Gasteiger partial charge in [-0.3, -0.25) is 4.98 Å². The van der Waals surface area contributed by atoms with Gasteiger partial charge in [-0.2, -0.15) is 0 Å². The van der Waals surface area contributed by atoms with Crippen molar-refractivity contribution >= 4 is 17.7 Å². The second-order valence-electron chi connectivity index (χ2n) is 5.66. The molecule has 1 aromatic rings. The van der Waals surface area contributed by atoms with Gasteiger partial charge in [-0.05, 0) is 25.8 Å². The number of pyridine rings is 1. The first-order chi connectivity index (χ1) is 11.0. The fraction of sp³-hybridized carbons (Fsp3) is 0.444. The largest absolute Gasteiger partial charge is 0.478 e. The quantitative estimate of drug-likeness (QED) is 0.832. The van der Waals surface area contributed by atoms with Gasteiger partial charge in [0.1, 0.15) is 0 Å². The summed E-state index contributed by atoms with van der Waals surface area (Å²) in [6.07, 6.45) is 5.11. The summed E-state index contributed by atoms with van der Waals surface area (Å²) in [5.74, 6) is -0.960. The zero-order valence-electron chi connectivity index (χ0n) is 13.8. The van der Waals surface area contributed by atoms with Gasteiger partial charge in [-0.1, -0.05) is 25.2 Å². The summed E-state index contributed by atoms with van der Waals surface area (Å²) >= 11 is 0. The van der Waals surface area contributed by atoms with E-state index in [9.17, 15) is 9.90 Å². The maximum atomic E-state index is 11.3. The number of hydrogen-bond donors (Lipinski definition) is 1. The van der Waals surface area contributed by atoms with E-state index >= 15 is 0 Å². The van der Waals surface area contributed by atoms with E-state index in [1.54, 1.807) is 6.07 Å². The van der Waals surface area contributed by atoms with E-state index in [1.165, 1.54) is 6.20 Å². The van der Waals surface area contributed by atoms with Crippen molar-refractivity contribution in [3.05, 3.63) is 40.5 Å². The van der Waals surface area contributed by atoms with Crippen molar-refractivity contribution in [2.24, 2.45) is 0 Å². The van der Waals surface area contributed by atoms with E-state index < -0.39 is 5.97 Å². The van der Waals surface area contributed by atoms with E-state index in [0.29, 0.717) is 13.2 Å². The van der Waals surface area contributed by atoms with Crippen LogP contribution in [0.2, 0.25) is 0 Å². The zero-order chi connectivity index (χ0) is 16.8. The second kappa shape index (κ2) is 7.92. The SMILES string of the molecule is C=C(CC)CC=c1ncc(C(=O)O)cc1=C(C)N1CCOCC1. The third-order valence-electron chi connectivity index (χ3n) is 4.12. The molecule has 2 heterocycles. The Morgan fingerprint density at radius 2 is 2.17 bits per heavy atom. The lowest BCUT2D eigenvalue weighted by atomic mass is 10.1. The van der Waals surface area contributed by atoms with Gasteiger partial charge in [-0.15, -0.1) is 0 Å². The number of carboxylic acid groups (broad SMARTS) is 1. The van der Waals surface area contributed by atoms with Gasteiger partial charge >= 0.3 is 5.97 Å². The highest BCUT2D eigenvalue weighted by Gasteiger charge is 2.12. The average Bonchev–Trinajstić information content (AvgIpc) is 2.59. The molecule has 0 spiro atoms. The number of ether oxygens (including phenoxy) is 1. The van der Waals surface area contributed by atoms with E-state index in [2.05, 4.69) is 23.4 Å². The lowest BCUT2D eigenvalue weighted by Gasteiger charge is -2.29. The number of hydrogen-bond acceptors (Lipinski definition) is 4. The second-order valence-corrected chi connectivity index (χ2v) is 5.66. The molecule has 0 atom stereocenters. The summed E-state index contributed by atoms with van der Waals surface area (Å²) < 4.78 is 5.39. The Morgan fingerprint density at radius 1 is 1.48 bits per heavy atom. The summed E-state index contributed by atoms with van der Waals surface area (Å²) in [6.45, 7) is 11.1. The van der Waals surface area contributed by atoms with Crippen LogP contribution in [0.25, 0.3) is 11.8 Å². The zero-order valence-corrected chi connectivity index (χ0v) is 13.8. The van der Waals surface area contributed by atoms with Crippen molar-refractivity contribution in [3.63, 3.8) is 0 Å². The Balaban J connectivity index is 2.54. The van der Waals surface area contributed by atoms with Crippen molar-refractivity contribution in [2.75, 3.05) is 26.3 Å². The minimum Gasteiger partial charge on any atom is -0.478 e. The fourth-order valence-electron chi connectivity index (χ4n) is 2.50. The maximum Gasteiger partial charge on any atom is 0.337 e. The van der Waals surface area contributed by atoms with Gasteiger partial charge in [0, 0.05) is 30.2 Å². The number of carboxylic acids is 1. The number of nitrogens with zero attached hydrogens (tertiary/aromatic N) is 2. The van der Waals surface area contributed by atoms with E-state index in [-0.39, 0.29) is 5.56 Å². The molecule has 0 aromatic carbocycles. The molecule has 1 saturated heterocycles. The number of carbonyl (C=O) groups is 1. The highest BCUT2D eigenvalue weighted by atomic mass is 16.5. The molecule has 0 saturated carbocycles. The number of rotatable bonds is 5. The third kappa shape index (κ3) is 4.42. The minimum absolute atomic E-state index is 0.207. The predicted octanol–water partition coefficient (Wildman–Crippen LogP) is 1.38. The van der Waals surface area contributed by atoms with Gasteiger partial charge < -0.3 is 14.7 Å². The fourth-order valence-corrected chi connectivity index (χ4v) is 2.50. The first kappa shape index (κ1) is 17.2. The van der Waals surface area contributed by atoms with Crippen LogP contribution >= 0.6 is 0 Å². The molecule has 5 heteroatoms. The molecule has 0 aliphatic carbocycles. The first-order valence-corrected chi connectivity index (χ1v) is 7.92. The molecule has 1 N–H and O–H groups in total. The highest BCUT2D eigenvalue weighted by Crippen LogP contribution is 2.06. The molecule has 1 aliphatic heterocycles. The molecule has 1 aromatic heterocycles. The molecule has 1 aliphatic rings. The summed E-state index contributed by atoms with van der Waals surface area (Å²) in [7, 11) is 0. The highest BCUT2D eigenvalue weighted by molar-refractivity contribution is 5.87. The molecule has 0 amide bonds.